The Morgan fingerprint density at radius 3 is 2.76 bits per heavy atom. The van der Waals surface area contributed by atoms with Gasteiger partial charge in [0.25, 0.3) is 0 Å². The number of nitrogen functional groups attached to an aromatic ring is 1. The summed E-state index contributed by atoms with van der Waals surface area (Å²) in [6, 6.07) is 6.84. The Bertz CT molecular complexity index is 667. The van der Waals surface area contributed by atoms with Crippen molar-refractivity contribution < 1.29 is 4.39 Å². The van der Waals surface area contributed by atoms with E-state index in [2.05, 4.69) is 20.2 Å². The number of hydrogen-bond donors (Lipinski definition) is 2. The van der Waals surface area contributed by atoms with E-state index in [-0.39, 0.29) is 11.8 Å². The van der Waals surface area contributed by atoms with Gasteiger partial charge in [0.2, 0.25) is 5.95 Å². The monoisotopic (exact) mass is 287 g/mol. The van der Waals surface area contributed by atoms with Crippen LogP contribution < -0.4 is 16.0 Å². The fourth-order valence-electron chi connectivity index (χ4n) is 2.58. The van der Waals surface area contributed by atoms with Crippen LogP contribution in [0.5, 0.6) is 0 Å². The summed E-state index contributed by atoms with van der Waals surface area (Å²) < 4.78 is 13.4. The Labute approximate surface area is 123 Å². The minimum absolute atomic E-state index is 0.211. The fourth-order valence-corrected chi connectivity index (χ4v) is 2.58. The molecule has 5 nitrogen and oxygen atoms in total. The highest BCUT2D eigenvalue weighted by Gasteiger charge is 2.28. The van der Waals surface area contributed by atoms with E-state index in [1.54, 1.807) is 6.07 Å². The third-order valence-corrected chi connectivity index (χ3v) is 3.82. The molecule has 2 heterocycles. The number of rotatable bonds is 3. The van der Waals surface area contributed by atoms with Gasteiger partial charge in [-0.1, -0.05) is 12.1 Å². The van der Waals surface area contributed by atoms with Gasteiger partial charge in [0.15, 0.2) is 0 Å². The number of benzene rings is 1. The predicted octanol–water partition coefficient (Wildman–Crippen LogP) is 1.58. The summed E-state index contributed by atoms with van der Waals surface area (Å²) in [6.45, 7) is 3.72. The van der Waals surface area contributed by atoms with Gasteiger partial charge in [-0.2, -0.15) is 4.98 Å². The Kier molecular flexibility index (Phi) is 3.47. The van der Waals surface area contributed by atoms with Gasteiger partial charge in [0.1, 0.15) is 11.6 Å². The van der Waals surface area contributed by atoms with Gasteiger partial charge < -0.3 is 16.0 Å². The smallest absolute Gasteiger partial charge is 0.222 e. The zero-order valence-corrected chi connectivity index (χ0v) is 12.1. The molecular formula is C15H18FN5. The molecule has 21 heavy (non-hydrogen) atoms. The zero-order chi connectivity index (χ0) is 15.0. The number of aromatic nitrogens is 2. The van der Waals surface area contributed by atoms with Crippen molar-refractivity contribution in [3.63, 3.8) is 0 Å². The van der Waals surface area contributed by atoms with Crippen molar-refractivity contribution >= 4 is 11.8 Å². The van der Waals surface area contributed by atoms with E-state index in [0.717, 1.165) is 24.5 Å². The molecule has 1 saturated heterocycles. The molecule has 0 unspecified atom stereocenters. The number of likely N-dealkylation sites (N-methyl/N-ethyl adjacent to an activating group) is 1. The second-order valence-corrected chi connectivity index (χ2v) is 5.28. The van der Waals surface area contributed by atoms with Crippen molar-refractivity contribution in [2.75, 3.05) is 30.8 Å². The molecule has 1 fully saturated rings. The topological polar surface area (TPSA) is 67.1 Å². The van der Waals surface area contributed by atoms with E-state index in [4.69, 9.17) is 5.73 Å². The molecule has 1 aliphatic rings. The van der Waals surface area contributed by atoms with Crippen LogP contribution in [-0.4, -0.2) is 36.1 Å². The number of halogens is 1. The van der Waals surface area contributed by atoms with Crippen LogP contribution >= 0.6 is 0 Å². The summed E-state index contributed by atoms with van der Waals surface area (Å²) in [4.78, 5) is 10.8. The van der Waals surface area contributed by atoms with Gasteiger partial charge in [-0.25, -0.2) is 9.37 Å². The van der Waals surface area contributed by atoms with Gasteiger partial charge in [-0.15, -0.1) is 0 Å². The molecule has 0 atom stereocenters. The van der Waals surface area contributed by atoms with E-state index >= 15 is 0 Å². The molecule has 0 radical (unpaired) electrons. The number of hydrogen-bond acceptors (Lipinski definition) is 5. The minimum Gasteiger partial charge on any atom is -0.368 e. The molecule has 0 spiro atoms. The minimum atomic E-state index is -0.287. The van der Waals surface area contributed by atoms with Crippen LogP contribution in [0.25, 0.3) is 11.3 Å². The number of nitrogens with one attached hydrogen (secondary N) is 1. The lowest BCUT2D eigenvalue weighted by Gasteiger charge is -2.40. The summed E-state index contributed by atoms with van der Waals surface area (Å²) in [5.41, 5.74) is 8.15. The van der Waals surface area contributed by atoms with Crippen molar-refractivity contribution in [3.05, 3.63) is 35.6 Å². The molecule has 1 aromatic heterocycles. The van der Waals surface area contributed by atoms with E-state index < -0.39 is 0 Å². The number of nitrogens with two attached hydrogens (primary N) is 1. The van der Waals surface area contributed by atoms with Crippen molar-refractivity contribution in [2.45, 2.75) is 13.0 Å². The SMILES string of the molecule is CNC1CN(c2nc(N)nc(-c3cccc(F)c3)c2C)C1. The third-order valence-electron chi connectivity index (χ3n) is 3.82. The van der Waals surface area contributed by atoms with Crippen LogP contribution in [0.15, 0.2) is 24.3 Å². The molecule has 3 rings (SSSR count). The summed E-state index contributed by atoms with van der Waals surface area (Å²) in [5, 5.41) is 3.22. The first kappa shape index (κ1) is 13.8. The van der Waals surface area contributed by atoms with E-state index in [9.17, 15) is 4.39 Å². The summed E-state index contributed by atoms with van der Waals surface area (Å²) >= 11 is 0. The highest BCUT2D eigenvalue weighted by atomic mass is 19.1. The van der Waals surface area contributed by atoms with Crippen molar-refractivity contribution in [1.82, 2.24) is 15.3 Å². The van der Waals surface area contributed by atoms with Crippen LogP contribution in [0, 0.1) is 12.7 Å². The lowest BCUT2D eigenvalue weighted by atomic mass is 10.0. The first-order valence-electron chi connectivity index (χ1n) is 6.90. The highest BCUT2D eigenvalue weighted by Crippen LogP contribution is 2.31. The fraction of sp³-hybridized carbons (Fsp3) is 0.333. The van der Waals surface area contributed by atoms with E-state index in [1.807, 2.05) is 20.0 Å². The van der Waals surface area contributed by atoms with E-state index in [0.29, 0.717) is 17.3 Å². The lowest BCUT2D eigenvalue weighted by Crippen LogP contribution is -2.57. The molecule has 3 N–H and O–H groups in total. The lowest BCUT2D eigenvalue weighted by molar-refractivity contribution is 0.446. The zero-order valence-electron chi connectivity index (χ0n) is 12.1. The molecular weight excluding hydrogens is 269 g/mol. The van der Waals surface area contributed by atoms with Gasteiger partial charge in [0.05, 0.1) is 5.69 Å². The van der Waals surface area contributed by atoms with Crippen LogP contribution in [0.2, 0.25) is 0 Å². The van der Waals surface area contributed by atoms with Gasteiger partial charge in [-0.3, -0.25) is 0 Å². The van der Waals surface area contributed by atoms with Crippen LogP contribution in [0.4, 0.5) is 16.2 Å². The molecule has 110 valence electrons. The highest BCUT2D eigenvalue weighted by molar-refractivity contribution is 5.70. The maximum absolute atomic E-state index is 13.4. The molecule has 0 amide bonds. The molecule has 0 bridgehead atoms. The van der Waals surface area contributed by atoms with Gasteiger partial charge in [-0.05, 0) is 26.1 Å². The van der Waals surface area contributed by atoms with Gasteiger partial charge in [0, 0.05) is 30.3 Å². The standard InChI is InChI=1S/C15H18FN5/c1-9-13(10-4-3-5-11(16)6-10)19-15(17)20-14(9)21-7-12(8-21)18-2/h3-6,12,18H,7-8H2,1-2H3,(H2,17,19,20). The third kappa shape index (κ3) is 2.54. The summed E-state index contributed by atoms with van der Waals surface area (Å²) in [5.74, 6) is 0.751. The first-order chi connectivity index (χ1) is 10.1. The normalized spacial score (nSPS) is 15.1. The molecule has 1 aliphatic heterocycles. The Balaban J connectivity index is 2.01. The average Bonchev–Trinajstić information content (AvgIpc) is 2.41. The summed E-state index contributed by atoms with van der Waals surface area (Å²) in [6.07, 6.45) is 0. The maximum atomic E-state index is 13.4. The second-order valence-electron chi connectivity index (χ2n) is 5.28. The number of nitrogens with zero attached hydrogens (tertiary/aromatic N) is 3. The van der Waals surface area contributed by atoms with Crippen LogP contribution in [0.1, 0.15) is 5.56 Å². The van der Waals surface area contributed by atoms with E-state index in [1.165, 1.54) is 12.1 Å². The quantitative estimate of drug-likeness (QED) is 0.897. The van der Waals surface area contributed by atoms with Crippen molar-refractivity contribution in [1.29, 1.82) is 0 Å². The molecule has 2 aromatic rings. The van der Waals surface area contributed by atoms with Crippen LogP contribution in [-0.2, 0) is 0 Å². The average molecular weight is 287 g/mol. The van der Waals surface area contributed by atoms with Gasteiger partial charge >= 0.3 is 0 Å². The Hall–Kier alpha value is -2.21. The maximum Gasteiger partial charge on any atom is 0.222 e. The summed E-state index contributed by atoms with van der Waals surface area (Å²) in [7, 11) is 1.95. The Morgan fingerprint density at radius 1 is 1.33 bits per heavy atom. The Morgan fingerprint density at radius 2 is 2.10 bits per heavy atom. The van der Waals surface area contributed by atoms with Crippen LogP contribution in [0.3, 0.4) is 0 Å². The largest absolute Gasteiger partial charge is 0.368 e. The number of anilines is 2. The van der Waals surface area contributed by atoms with Crippen molar-refractivity contribution in [3.8, 4) is 11.3 Å². The molecule has 0 aliphatic carbocycles. The second kappa shape index (κ2) is 5.29. The first-order valence-corrected chi connectivity index (χ1v) is 6.90. The molecule has 0 saturated carbocycles. The van der Waals surface area contributed by atoms with Crippen molar-refractivity contribution in [2.24, 2.45) is 0 Å². The molecule has 1 aromatic carbocycles. The molecule has 6 heteroatoms. The predicted molar refractivity (Wildman–Crippen MR) is 81.6 cm³/mol.